The highest BCUT2D eigenvalue weighted by Crippen LogP contribution is 2.25. The molecule has 1 aromatic carbocycles. The molecule has 1 aliphatic rings. The van der Waals surface area contributed by atoms with Gasteiger partial charge in [-0.05, 0) is 43.7 Å². The van der Waals surface area contributed by atoms with E-state index in [-0.39, 0.29) is 5.92 Å². The topological polar surface area (TPSA) is 59.2 Å². The molecule has 0 radical (unpaired) electrons. The van der Waals surface area contributed by atoms with Crippen molar-refractivity contribution in [2.24, 2.45) is 11.8 Å². The van der Waals surface area contributed by atoms with E-state index in [4.69, 9.17) is 4.42 Å². The van der Waals surface area contributed by atoms with Gasteiger partial charge in [0.15, 0.2) is 0 Å². The van der Waals surface area contributed by atoms with Crippen molar-refractivity contribution in [2.45, 2.75) is 46.0 Å². The molecule has 25 heavy (non-hydrogen) atoms. The van der Waals surface area contributed by atoms with Gasteiger partial charge in [-0.1, -0.05) is 32.0 Å². The number of amides is 1. The van der Waals surface area contributed by atoms with Gasteiger partial charge in [0, 0.05) is 31.0 Å². The normalized spacial score (nSPS) is 15.7. The van der Waals surface area contributed by atoms with Gasteiger partial charge in [-0.3, -0.25) is 4.79 Å². The summed E-state index contributed by atoms with van der Waals surface area (Å²) in [4.78, 5) is 14.5. The number of rotatable bonds is 6. The summed E-state index contributed by atoms with van der Waals surface area (Å²) in [7, 11) is 0. The maximum atomic E-state index is 12.5. The summed E-state index contributed by atoms with van der Waals surface area (Å²) in [5.41, 5.74) is 0.951. The lowest BCUT2D eigenvalue weighted by molar-refractivity contribution is -0.137. The largest absolute Gasteiger partial charge is 0.421 e. The summed E-state index contributed by atoms with van der Waals surface area (Å²) >= 11 is 0. The molecule has 0 aliphatic carbocycles. The van der Waals surface area contributed by atoms with E-state index in [1.165, 1.54) is 0 Å². The second kappa shape index (κ2) is 8.28. The van der Waals surface area contributed by atoms with Crippen LogP contribution in [0.3, 0.4) is 0 Å². The van der Waals surface area contributed by atoms with E-state index in [2.05, 4.69) is 24.0 Å². The van der Waals surface area contributed by atoms with Gasteiger partial charge < -0.3 is 9.32 Å². The van der Waals surface area contributed by atoms with Gasteiger partial charge in [0.25, 0.3) is 0 Å². The van der Waals surface area contributed by atoms with Gasteiger partial charge in [-0.15, -0.1) is 10.2 Å². The Hall–Kier alpha value is -2.17. The predicted octanol–water partition coefficient (Wildman–Crippen LogP) is 3.95. The molecule has 0 N–H and O–H groups in total. The van der Waals surface area contributed by atoms with Gasteiger partial charge >= 0.3 is 0 Å². The Labute approximate surface area is 149 Å². The molecule has 1 fully saturated rings. The Kier molecular flexibility index (Phi) is 5.84. The fourth-order valence-corrected chi connectivity index (χ4v) is 3.53. The highest BCUT2D eigenvalue weighted by atomic mass is 16.4. The Bertz CT molecular complexity index is 671. The Balaban J connectivity index is 1.53. The number of hydrogen-bond acceptors (Lipinski definition) is 4. The first-order chi connectivity index (χ1) is 12.2. The van der Waals surface area contributed by atoms with Crippen LogP contribution in [0.2, 0.25) is 0 Å². The van der Waals surface area contributed by atoms with E-state index in [0.29, 0.717) is 23.6 Å². The SMILES string of the molecule is CCC(CC)C(=O)N1CCC(Cc2nnc(-c3ccccc3)o2)CC1. The van der Waals surface area contributed by atoms with Gasteiger partial charge in [-0.2, -0.15) is 0 Å². The van der Waals surface area contributed by atoms with E-state index in [1.54, 1.807) is 0 Å². The molecule has 2 heterocycles. The summed E-state index contributed by atoms with van der Waals surface area (Å²) in [5.74, 6) is 2.30. The molecule has 1 aromatic heterocycles. The molecule has 0 bridgehead atoms. The number of hydrogen-bond donors (Lipinski definition) is 0. The van der Waals surface area contributed by atoms with Crippen LogP contribution in [-0.2, 0) is 11.2 Å². The number of piperidine rings is 1. The lowest BCUT2D eigenvalue weighted by Gasteiger charge is -2.33. The number of aromatic nitrogens is 2. The van der Waals surface area contributed by atoms with E-state index < -0.39 is 0 Å². The molecular weight excluding hydrogens is 314 g/mol. The molecule has 5 heteroatoms. The van der Waals surface area contributed by atoms with E-state index in [1.807, 2.05) is 35.2 Å². The van der Waals surface area contributed by atoms with Gasteiger partial charge in [0.2, 0.25) is 17.7 Å². The van der Waals surface area contributed by atoms with Crippen LogP contribution in [0.15, 0.2) is 34.7 Å². The van der Waals surface area contributed by atoms with Crippen LogP contribution in [-0.4, -0.2) is 34.1 Å². The zero-order valence-corrected chi connectivity index (χ0v) is 15.1. The van der Waals surface area contributed by atoms with E-state index in [9.17, 15) is 4.79 Å². The molecule has 1 amide bonds. The highest BCUT2D eigenvalue weighted by Gasteiger charge is 2.27. The first kappa shape index (κ1) is 17.6. The summed E-state index contributed by atoms with van der Waals surface area (Å²) in [5, 5.41) is 8.36. The number of carbonyl (C=O) groups excluding carboxylic acids is 1. The van der Waals surface area contributed by atoms with Crippen LogP contribution in [0, 0.1) is 11.8 Å². The zero-order valence-electron chi connectivity index (χ0n) is 15.1. The first-order valence-electron chi connectivity index (χ1n) is 9.37. The van der Waals surface area contributed by atoms with Crippen LogP contribution >= 0.6 is 0 Å². The minimum atomic E-state index is 0.181. The van der Waals surface area contributed by atoms with Crippen molar-refractivity contribution in [2.75, 3.05) is 13.1 Å². The third kappa shape index (κ3) is 4.27. The first-order valence-corrected chi connectivity index (χ1v) is 9.37. The second-order valence-electron chi connectivity index (χ2n) is 6.85. The van der Waals surface area contributed by atoms with Crippen LogP contribution in [0.5, 0.6) is 0 Å². The van der Waals surface area contributed by atoms with Gasteiger partial charge in [0.1, 0.15) is 0 Å². The third-order valence-electron chi connectivity index (χ3n) is 5.21. The van der Waals surface area contributed by atoms with Crippen molar-refractivity contribution in [3.05, 3.63) is 36.2 Å². The van der Waals surface area contributed by atoms with Crippen molar-refractivity contribution in [3.63, 3.8) is 0 Å². The van der Waals surface area contributed by atoms with Crippen molar-refractivity contribution in [3.8, 4) is 11.5 Å². The summed E-state index contributed by atoms with van der Waals surface area (Å²) in [6, 6.07) is 9.84. The Morgan fingerprint density at radius 3 is 2.48 bits per heavy atom. The lowest BCUT2D eigenvalue weighted by atomic mass is 9.92. The predicted molar refractivity (Wildman–Crippen MR) is 96.8 cm³/mol. The number of carbonyl (C=O) groups is 1. The van der Waals surface area contributed by atoms with Crippen molar-refractivity contribution in [1.82, 2.24) is 15.1 Å². The molecular formula is C20H27N3O2. The van der Waals surface area contributed by atoms with Gasteiger partial charge in [-0.25, -0.2) is 0 Å². The van der Waals surface area contributed by atoms with Crippen LogP contribution in [0.1, 0.15) is 45.4 Å². The van der Waals surface area contributed by atoms with E-state index in [0.717, 1.165) is 50.8 Å². The summed E-state index contributed by atoms with van der Waals surface area (Å²) in [6.45, 7) is 5.89. The minimum Gasteiger partial charge on any atom is -0.421 e. The van der Waals surface area contributed by atoms with Gasteiger partial charge in [0.05, 0.1) is 0 Å². The molecule has 1 aliphatic heterocycles. The molecule has 3 rings (SSSR count). The smallest absolute Gasteiger partial charge is 0.247 e. The number of likely N-dealkylation sites (tertiary alicyclic amines) is 1. The number of benzene rings is 1. The maximum Gasteiger partial charge on any atom is 0.247 e. The summed E-state index contributed by atoms with van der Waals surface area (Å²) in [6.07, 6.45) is 4.68. The second-order valence-corrected chi connectivity index (χ2v) is 6.85. The van der Waals surface area contributed by atoms with Crippen LogP contribution in [0.4, 0.5) is 0 Å². The Morgan fingerprint density at radius 1 is 1.16 bits per heavy atom. The minimum absolute atomic E-state index is 0.181. The lowest BCUT2D eigenvalue weighted by Crippen LogP contribution is -2.42. The monoisotopic (exact) mass is 341 g/mol. The zero-order chi connectivity index (χ0) is 17.6. The van der Waals surface area contributed by atoms with Crippen LogP contribution in [0.25, 0.3) is 11.5 Å². The van der Waals surface area contributed by atoms with Crippen molar-refractivity contribution in [1.29, 1.82) is 0 Å². The average Bonchev–Trinajstić information content (AvgIpc) is 3.12. The van der Waals surface area contributed by atoms with E-state index >= 15 is 0 Å². The van der Waals surface area contributed by atoms with Crippen molar-refractivity contribution < 1.29 is 9.21 Å². The average molecular weight is 341 g/mol. The standard InChI is InChI=1S/C20H27N3O2/c1-3-16(4-2)20(24)23-12-10-15(11-13-23)14-18-21-22-19(25-18)17-8-6-5-7-9-17/h5-9,15-16H,3-4,10-14H2,1-2H3. The maximum absolute atomic E-state index is 12.5. The molecule has 0 unspecified atom stereocenters. The molecule has 1 saturated heterocycles. The molecule has 0 saturated carbocycles. The molecule has 5 nitrogen and oxygen atoms in total. The molecule has 2 aromatic rings. The Morgan fingerprint density at radius 2 is 1.84 bits per heavy atom. The number of nitrogens with zero attached hydrogens (tertiary/aromatic N) is 3. The molecule has 134 valence electrons. The fourth-order valence-electron chi connectivity index (χ4n) is 3.53. The quantitative estimate of drug-likeness (QED) is 0.798. The third-order valence-corrected chi connectivity index (χ3v) is 5.21. The summed E-state index contributed by atoms with van der Waals surface area (Å²) < 4.78 is 5.82. The molecule has 0 spiro atoms. The fraction of sp³-hybridized carbons (Fsp3) is 0.550. The van der Waals surface area contributed by atoms with Crippen molar-refractivity contribution >= 4 is 5.91 Å². The molecule has 0 atom stereocenters. The van der Waals surface area contributed by atoms with Crippen LogP contribution < -0.4 is 0 Å². The highest BCUT2D eigenvalue weighted by molar-refractivity contribution is 5.78.